The first-order chi connectivity index (χ1) is 8.11. The summed E-state index contributed by atoms with van der Waals surface area (Å²) in [6.07, 6.45) is 0.779. The van der Waals surface area contributed by atoms with Crippen molar-refractivity contribution in [2.24, 2.45) is 5.73 Å². The van der Waals surface area contributed by atoms with Gasteiger partial charge in [-0.05, 0) is 37.1 Å². The van der Waals surface area contributed by atoms with Crippen LogP contribution in [0.4, 0.5) is 0 Å². The van der Waals surface area contributed by atoms with Crippen molar-refractivity contribution in [3.63, 3.8) is 0 Å². The summed E-state index contributed by atoms with van der Waals surface area (Å²) in [5.41, 5.74) is 7.90. The predicted octanol–water partition coefficient (Wildman–Crippen LogP) is 3.22. The topological polar surface area (TPSA) is 64.9 Å². The molecule has 0 aliphatic rings. The fraction of sp³-hybridized carbons (Fsp3) is 0.333. The zero-order chi connectivity index (χ0) is 12.4. The van der Waals surface area contributed by atoms with Crippen molar-refractivity contribution in [3.8, 4) is 11.4 Å². The van der Waals surface area contributed by atoms with E-state index in [-0.39, 0.29) is 6.04 Å². The maximum absolute atomic E-state index is 5.84. The number of nitrogens with zero attached hydrogens (tertiary/aromatic N) is 2. The van der Waals surface area contributed by atoms with Gasteiger partial charge in [-0.25, -0.2) is 0 Å². The van der Waals surface area contributed by atoms with Crippen LogP contribution in [-0.2, 0) is 0 Å². The zero-order valence-corrected chi connectivity index (χ0v) is 11.4. The van der Waals surface area contributed by atoms with Crippen LogP contribution in [0.25, 0.3) is 11.4 Å². The number of benzene rings is 1. The predicted molar refractivity (Wildman–Crippen MR) is 69.4 cm³/mol. The van der Waals surface area contributed by atoms with Crippen LogP contribution in [0.15, 0.2) is 27.2 Å². The quantitative estimate of drug-likeness (QED) is 0.944. The minimum atomic E-state index is -0.188. The molecule has 90 valence electrons. The lowest BCUT2D eigenvalue weighted by Gasteiger charge is -2.01. The first-order valence-corrected chi connectivity index (χ1v) is 6.26. The third-order valence-corrected chi connectivity index (χ3v) is 3.12. The highest BCUT2D eigenvalue weighted by atomic mass is 79.9. The summed E-state index contributed by atoms with van der Waals surface area (Å²) in [6.45, 7) is 4.00. The normalized spacial score (nSPS) is 12.7. The molecule has 0 amide bonds. The molecule has 0 saturated heterocycles. The summed E-state index contributed by atoms with van der Waals surface area (Å²) in [4.78, 5) is 4.32. The van der Waals surface area contributed by atoms with E-state index in [9.17, 15) is 0 Å². The molecule has 5 heteroatoms. The van der Waals surface area contributed by atoms with Crippen LogP contribution in [0, 0.1) is 6.92 Å². The Morgan fingerprint density at radius 2 is 2.24 bits per heavy atom. The van der Waals surface area contributed by atoms with Crippen molar-refractivity contribution >= 4 is 15.9 Å². The van der Waals surface area contributed by atoms with Crippen LogP contribution >= 0.6 is 15.9 Å². The van der Waals surface area contributed by atoms with Crippen LogP contribution in [0.1, 0.15) is 30.8 Å². The van der Waals surface area contributed by atoms with Gasteiger partial charge < -0.3 is 10.3 Å². The van der Waals surface area contributed by atoms with Crippen LogP contribution in [0.5, 0.6) is 0 Å². The van der Waals surface area contributed by atoms with Crippen molar-refractivity contribution in [2.45, 2.75) is 26.3 Å². The maximum Gasteiger partial charge on any atom is 0.243 e. The second kappa shape index (κ2) is 4.98. The Bertz CT molecular complexity index is 524. The molecule has 0 unspecified atom stereocenters. The van der Waals surface area contributed by atoms with Gasteiger partial charge in [0.1, 0.15) is 0 Å². The molecule has 2 rings (SSSR count). The number of aromatic nitrogens is 2. The average molecular weight is 296 g/mol. The molecule has 0 bridgehead atoms. The molecule has 2 aromatic rings. The molecule has 0 aliphatic carbocycles. The van der Waals surface area contributed by atoms with Gasteiger partial charge in [0.2, 0.25) is 11.7 Å². The summed E-state index contributed by atoms with van der Waals surface area (Å²) in [7, 11) is 0. The van der Waals surface area contributed by atoms with Crippen molar-refractivity contribution in [1.29, 1.82) is 0 Å². The summed E-state index contributed by atoms with van der Waals surface area (Å²) in [6, 6.07) is 5.75. The van der Waals surface area contributed by atoms with Crippen LogP contribution in [-0.4, -0.2) is 10.1 Å². The molecule has 0 fully saturated rings. The Morgan fingerprint density at radius 3 is 2.88 bits per heavy atom. The van der Waals surface area contributed by atoms with E-state index in [0.717, 1.165) is 22.0 Å². The van der Waals surface area contributed by atoms with E-state index in [1.54, 1.807) is 0 Å². The zero-order valence-electron chi connectivity index (χ0n) is 9.77. The minimum Gasteiger partial charge on any atom is -0.337 e. The lowest BCUT2D eigenvalue weighted by molar-refractivity contribution is 0.352. The van der Waals surface area contributed by atoms with Gasteiger partial charge in [-0.15, -0.1) is 0 Å². The molecule has 0 aliphatic heterocycles. The van der Waals surface area contributed by atoms with Crippen LogP contribution in [0.3, 0.4) is 0 Å². The van der Waals surface area contributed by atoms with E-state index in [1.807, 2.05) is 32.0 Å². The van der Waals surface area contributed by atoms with E-state index in [0.29, 0.717) is 11.7 Å². The largest absolute Gasteiger partial charge is 0.337 e. The van der Waals surface area contributed by atoms with Crippen molar-refractivity contribution in [1.82, 2.24) is 10.1 Å². The van der Waals surface area contributed by atoms with Crippen molar-refractivity contribution < 1.29 is 4.52 Å². The second-order valence-electron chi connectivity index (χ2n) is 3.93. The fourth-order valence-corrected chi connectivity index (χ4v) is 2.02. The molecular formula is C12H14BrN3O. The van der Waals surface area contributed by atoms with Crippen LogP contribution in [0.2, 0.25) is 0 Å². The van der Waals surface area contributed by atoms with Crippen LogP contribution < -0.4 is 5.73 Å². The monoisotopic (exact) mass is 295 g/mol. The number of halogens is 1. The molecular weight excluding hydrogens is 282 g/mol. The molecule has 1 aromatic heterocycles. The molecule has 0 spiro atoms. The molecule has 1 aromatic carbocycles. The van der Waals surface area contributed by atoms with E-state index in [1.165, 1.54) is 0 Å². The molecule has 4 nitrogen and oxygen atoms in total. The van der Waals surface area contributed by atoms with E-state index >= 15 is 0 Å². The number of rotatable bonds is 3. The number of aryl methyl sites for hydroxylation is 1. The Labute approximate surface area is 108 Å². The van der Waals surface area contributed by atoms with Gasteiger partial charge in [-0.3, -0.25) is 0 Å². The Balaban J connectivity index is 2.37. The standard InChI is InChI=1S/C12H14BrN3O/c1-3-10(14)12-15-11(16-17-12)9-5-4-8(13)6-7(9)2/h4-6,10H,3,14H2,1-2H3/t10-/m0/s1. The number of hydrogen-bond donors (Lipinski definition) is 1. The number of hydrogen-bond acceptors (Lipinski definition) is 4. The van der Waals surface area contributed by atoms with E-state index in [4.69, 9.17) is 10.3 Å². The maximum atomic E-state index is 5.84. The molecule has 1 heterocycles. The molecule has 2 N–H and O–H groups in total. The molecule has 1 atom stereocenters. The highest BCUT2D eigenvalue weighted by Crippen LogP contribution is 2.25. The van der Waals surface area contributed by atoms with Gasteiger partial charge >= 0.3 is 0 Å². The Kier molecular flexibility index (Phi) is 3.59. The highest BCUT2D eigenvalue weighted by Gasteiger charge is 2.15. The summed E-state index contributed by atoms with van der Waals surface area (Å²) >= 11 is 3.42. The number of nitrogens with two attached hydrogens (primary N) is 1. The summed E-state index contributed by atoms with van der Waals surface area (Å²) in [5.74, 6) is 1.08. The van der Waals surface area contributed by atoms with Crippen molar-refractivity contribution in [3.05, 3.63) is 34.1 Å². The Hall–Kier alpha value is -1.20. The first-order valence-electron chi connectivity index (χ1n) is 5.47. The van der Waals surface area contributed by atoms with Gasteiger partial charge in [0.05, 0.1) is 6.04 Å². The third kappa shape index (κ3) is 2.56. The smallest absolute Gasteiger partial charge is 0.243 e. The third-order valence-electron chi connectivity index (χ3n) is 2.63. The SMILES string of the molecule is CC[C@H](N)c1nc(-c2ccc(Br)cc2C)no1. The van der Waals surface area contributed by atoms with Gasteiger partial charge in [0.25, 0.3) is 0 Å². The summed E-state index contributed by atoms with van der Waals surface area (Å²) in [5, 5.41) is 3.96. The van der Waals surface area contributed by atoms with E-state index in [2.05, 4.69) is 26.1 Å². The molecule has 17 heavy (non-hydrogen) atoms. The van der Waals surface area contributed by atoms with Gasteiger partial charge in [-0.2, -0.15) is 4.98 Å². The second-order valence-corrected chi connectivity index (χ2v) is 4.85. The summed E-state index contributed by atoms with van der Waals surface area (Å²) < 4.78 is 6.19. The van der Waals surface area contributed by atoms with Gasteiger partial charge in [-0.1, -0.05) is 28.0 Å². The fourth-order valence-electron chi connectivity index (χ4n) is 1.55. The van der Waals surface area contributed by atoms with E-state index < -0.39 is 0 Å². The average Bonchev–Trinajstić information content (AvgIpc) is 2.77. The minimum absolute atomic E-state index is 0.188. The molecule has 0 saturated carbocycles. The lowest BCUT2D eigenvalue weighted by Crippen LogP contribution is -2.08. The first kappa shape index (κ1) is 12.3. The lowest BCUT2D eigenvalue weighted by atomic mass is 10.1. The van der Waals surface area contributed by atoms with Gasteiger partial charge in [0, 0.05) is 10.0 Å². The van der Waals surface area contributed by atoms with Gasteiger partial charge in [0.15, 0.2) is 0 Å². The highest BCUT2D eigenvalue weighted by molar-refractivity contribution is 9.10. The van der Waals surface area contributed by atoms with Crippen molar-refractivity contribution in [2.75, 3.05) is 0 Å². The Morgan fingerprint density at radius 1 is 1.47 bits per heavy atom. The molecule has 0 radical (unpaired) electrons.